The third-order valence-corrected chi connectivity index (χ3v) is 4.54. The Morgan fingerprint density at radius 1 is 1.38 bits per heavy atom. The van der Waals surface area contributed by atoms with E-state index in [2.05, 4.69) is 13.8 Å². The summed E-state index contributed by atoms with van der Waals surface area (Å²) >= 11 is 0. The quantitative estimate of drug-likeness (QED) is 0.777. The van der Waals surface area contributed by atoms with Crippen LogP contribution in [0, 0.1) is 11.8 Å². The van der Waals surface area contributed by atoms with Crippen LogP contribution in [0.2, 0.25) is 0 Å². The van der Waals surface area contributed by atoms with E-state index < -0.39 is 0 Å². The number of hydrogen-bond acceptors (Lipinski definition) is 2. The molecule has 2 aliphatic rings. The van der Waals surface area contributed by atoms with Crippen LogP contribution in [0.4, 0.5) is 0 Å². The van der Waals surface area contributed by atoms with E-state index in [0.29, 0.717) is 12.3 Å². The maximum absolute atomic E-state index is 12.1. The van der Waals surface area contributed by atoms with Crippen molar-refractivity contribution in [3.05, 3.63) is 0 Å². The van der Waals surface area contributed by atoms with E-state index in [4.69, 9.17) is 5.73 Å². The van der Waals surface area contributed by atoms with Crippen molar-refractivity contribution in [2.24, 2.45) is 17.6 Å². The van der Waals surface area contributed by atoms with Gasteiger partial charge in [-0.1, -0.05) is 13.8 Å². The fourth-order valence-corrected chi connectivity index (χ4v) is 2.71. The van der Waals surface area contributed by atoms with Crippen LogP contribution in [-0.2, 0) is 4.79 Å². The topological polar surface area (TPSA) is 46.3 Å². The van der Waals surface area contributed by atoms with Crippen molar-refractivity contribution >= 4 is 5.91 Å². The number of piperidine rings is 1. The van der Waals surface area contributed by atoms with Gasteiger partial charge in [-0.05, 0) is 37.5 Å². The van der Waals surface area contributed by atoms with Gasteiger partial charge in [0.25, 0.3) is 0 Å². The average molecular weight is 224 g/mol. The second-order valence-electron chi connectivity index (χ2n) is 5.98. The van der Waals surface area contributed by atoms with Gasteiger partial charge in [-0.3, -0.25) is 4.79 Å². The fourth-order valence-electron chi connectivity index (χ4n) is 2.71. The molecule has 1 saturated heterocycles. The molecular weight excluding hydrogens is 200 g/mol. The smallest absolute Gasteiger partial charge is 0.224 e. The predicted molar refractivity (Wildman–Crippen MR) is 64.9 cm³/mol. The minimum absolute atomic E-state index is 0.163. The summed E-state index contributed by atoms with van der Waals surface area (Å²) in [6.07, 6.45) is 4.95. The Labute approximate surface area is 98.4 Å². The molecule has 0 radical (unpaired) electrons. The summed E-state index contributed by atoms with van der Waals surface area (Å²) in [4.78, 5) is 14.1. The SMILES string of the molecule is CC1CCN(C(=O)CC2(N)CCC2)CC1C. The number of carbonyl (C=O) groups excluding carboxylic acids is 1. The Bertz CT molecular complexity index is 273. The molecule has 1 saturated carbocycles. The molecule has 1 amide bonds. The Balaban J connectivity index is 1.85. The Morgan fingerprint density at radius 3 is 2.56 bits per heavy atom. The highest BCUT2D eigenvalue weighted by Gasteiger charge is 2.37. The van der Waals surface area contributed by atoms with E-state index in [-0.39, 0.29) is 11.4 Å². The van der Waals surface area contributed by atoms with E-state index in [0.717, 1.165) is 38.3 Å². The van der Waals surface area contributed by atoms with Crippen molar-refractivity contribution in [2.75, 3.05) is 13.1 Å². The molecule has 0 bridgehead atoms. The first kappa shape index (κ1) is 11.9. The molecule has 2 atom stereocenters. The normalized spacial score (nSPS) is 33.3. The molecule has 2 fully saturated rings. The van der Waals surface area contributed by atoms with E-state index in [1.54, 1.807) is 0 Å². The number of nitrogens with two attached hydrogens (primary N) is 1. The van der Waals surface area contributed by atoms with Crippen LogP contribution in [0.15, 0.2) is 0 Å². The van der Waals surface area contributed by atoms with Gasteiger partial charge in [-0.2, -0.15) is 0 Å². The maximum Gasteiger partial charge on any atom is 0.224 e. The standard InChI is InChI=1S/C13H24N2O/c1-10-4-7-15(9-11(10)2)12(16)8-13(14)5-3-6-13/h10-11H,3-9,14H2,1-2H3. The lowest BCUT2D eigenvalue weighted by molar-refractivity contribution is -0.135. The highest BCUT2D eigenvalue weighted by atomic mass is 16.2. The van der Waals surface area contributed by atoms with Gasteiger partial charge < -0.3 is 10.6 Å². The first-order valence-corrected chi connectivity index (χ1v) is 6.57. The molecule has 1 aliphatic heterocycles. The molecule has 1 aliphatic carbocycles. The van der Waals surface area contributed by atoms with Gasteiger partial charge in [-0.15, -0.1) is 0 Å². The first-order valence-electron chi connectivity index (χ1n) is 6.57. The highest BCUT2D eigenvalue weighted by Crippen LogP contribution is 2.33. The van der Waals surface area contributed by atoms with E-state index >= 15 is 0 Å². The zero-order valence-corrected chi connectivity index (χ0v) is 10.5. The Morgan fingerprint density at radius 2 is 2.06 bits per heavy atom. The minimum Gasteiger partial charge on any atom is -0.342 e. The summed E-state index contributed by atoms with van der Waals surface area (Å²) < 4.78 is 0. The molecule has 2 rings (SSSR count). The van der Waals surface area contributed by atoms with Gasteiger partial charge in [0, 0.05) is 25.0 Å². The number of likely N-dealkylation sites (tertiary alicyclic amines) is 1. The molecule has 0 spiro atoms. The first-order chi connectivity index (χ1) is 7.50. The summed E-state index contributed by atoms with van der Waals surface area (Å²) in [7, 11) is 0. The van der Waals surface area contributed by atoms with E-state index in [1.807, 2.05) is 4.90 Å². The molecule has 92 valence electrons. The Kier molecular flexibility index (Phi) is 3.24. The molecule has 3 nitrogen and oxygen atoms in total. The van der Waals surface area contributed by atoms with Gasteiger partial charge in [0.15, 0.2) is 0 Å². The summed E-state index contributed by atoms with van der Waals surface area (Å²) in [6.45, 7) is 6.38. The molecule has 0 aromatic rings. The van der Waals surface area contributed by atoms with Crippen LogP contribution in [0.25, 0.3) is 0 Å². The second-order valence-corrected chi connectivity index (χ2v) is 5.98. The number of amides is 1. The predicted octanol–water partition coefficient (Wildman–Crippen LogP) is 1.76. The van der Waals surface area contributed by atoms with E-state index in [9.17, 15) is 4.79 Å². The molecule has 2 N–H and O–H groups in total. The van der Waals surface area contributed by atoms with Crippen molar-refractivity contribution in [1.29, 1.82) is 0 Å². The largest absolute Gasteiger partial charge is 0.342 e. The lowest BCUT2D eigenvalue weighted by Crippen LogP contribution is -2.52. The van der Waals surface area contributed by atoms with Crippen LogP contribution in [0.5, 0.6) is 0 Å². The number of carbonyl (C=O) groups is 1. The molecule has 1 heterocycles. The van der Waals surface area contributed by atoms with Crippen LogP contribution < -0.4 is 5.73 Å². The average Bonchev–Trinajstić information content (AvgIpc) is 2.19. The fraction of sp³-hybridized carbons (Fsp3) is 0.923. The molecule has 0 aromatic heterocycles. The maximum atomic E-state index is 12.1. The summed E-state index contributed by atoms with van der Waals surface area (Å²) in [5, 5.41) is 0. The van der Waals surface area contributed by atoms with Crippen molar-refractivity contribution in [3.8, 4) is 0 Å². The molecule has 0 aromatic carbocycles. The van der Waals surface area contributed by atoms with Gasteiger partial charge in [0.2, 0.25) is 5.91 Å². The summed E-state index contributed by atoms with van der Waals surface area (Å²) in [5.74, 6) is 1.66. The van der Waals surface area contributed by atoms with E-state index in [1.165, 1.54) is 6.42 Å². The van der Waals surface area contributed by atoms with Gasteiger partial charge in [0.1, 0.15) is 0 Å². The zero-order chi connectivity index (χ0) is 11.8. The van der Waals surface area contributed by atoms with Crippen LogP contribution in [0.1, 0.15) is 46.0 Å². The molecule has 2 unspecified atom stereocenters. The van der Waals surface area contributed by atoms with Crippen molar-refractivity contribution in [1.82, 2.24) is 4.90 Å². The lowest BCUT2D eigenvalue weighted by Gasteiger charge is -2.41. The second kappa shape index (κ2) is 4.36. The summed E-state index contributed by atoms with van der Waals surface area (Å²) in [5.41, 5.74) is 5.96. The van der Waals surface area contributed by atoms with Crippen molar-refractivity contribution < 1.29 is 4.79 Å². The summed E-state index contributed by atoms with van der Waals surface area (Å²) in [6, 6.07) is 0. The van der Waals surface area contributed by atoms with Crippen molar-refractivity contribution in [3.63, 3.8) is 0 Å². The van der Waals surface area contributed by atoms with Gasteiger partial charge >= 0.3 is 0 Å². The minimum atomic E-state index is -0.163. The number of nitrogens with zero attached hydrogens (tertiary/aromatic N) is 1. The third-order valence-electron chi connectivity index (χ3n) is 4.54. The van der Waals surface area contributed by atoms with Gasteiger partial charge in [0.05, 0.1) is 0 Å². The molecule has 16 heavy (non-hydrogen) atoms. The molecular formula is C13H24N2O. The highest BCUT2D eigenvalue weighted by molar-refractivity contribution is 5.77. The van der Waals surface area contributed by atoms with Gasteiger partial charge in [-0.25, -0.2) is 0 Å². The van der Waals surface area contributed by atoms with Crippen molar-refractivity contribution in [2.45, 2.75) is 51.5 Å². The zero-order valence-electron chi connectivity index (χ0n) is 10.5. The van der Waals surface area contributed by atoms with Crippen LogP contribution >= 0.6 is 0 Å². The lowest BCUT2D eigenvalue weighted by atomic mass is 9.75. The number of hydrogen-bond donors (Lipinski definition) is 1. The third kappa shape index (κ3) is 2.40. The monoisotopic (exact) mass is 224 g/mol. The Hall–Kier alpha value is -0.570. The van der Waals surface area contributed by atoms with Crippen LogP contribution in [0.3, 0.4) is 0 Å². The number of rotatable bonds is 2. The van der Waals surface area contributed by atoms with Crippen LogP contribution in [-0.4, -0.2) is 29.4 Å². The molecule has 3 heteroatoms.